The smallest absolute Gasteiger partial charge is 0.231 e. The summed E-state index contributed by atoms with van der Waals surface area (Å²) in [6, 6.07) is 12.3. The summed E-state index contributed by atoms with van der Waals surface area (Å²) in [7, 11) is 0. The summed E-state index contributed by atoms with van der Waals surface area (Å²) in [4.78, 5) is 10.7. The Morgan fingerprint density at radius 2 is 2.05 bits per heavy atom. The number of nitriles is 1. The van der Waals surface area contributed by atoms with Gasteiger partial charge in [-0.1, -0.05) is 6.07 Å². The van der Waals surface area contributed by atoms with Gasteiger partial charge in [0.2, 0.25) is 6.79 Å². The van der Waals surface area contributed by atoms with E-state index in [1.807, 2.05) is 24.3 Å². The van der Waals surface area contributed by atoms with Crippen LogP contribution in [0.3, 0.4) is 0 Å². The van der Waals surface area contributed by atoms with Gasteiger partial charge in [-0.3, -0.25) is 4.79 Å². The Labute approximate surface area is 121 Å². The van der Waals surface area contributed by atoms with Crippen LogP contribution in [-0.2, 0) is 6.61 Å². The van der Waals surface area contributed by atoms with Crippen LogP contribution >= 0.6 is 0 Å². The van der Waals surface area contributed by atoms with Crippen LogP contribution in [0, 0.1) is 11.3 Å². The third-order valence-electron chi connectivity index (χ3n) is 3.09. The highest BCUT2D eigenvalue weighted by Crippen LogP contribution is 2.32. The van der Waals surface area contributed by atoms with Crippen molar-refractivity contribution < 1.29 is 19.0 Å². The van der Waals surface area contributed by atoms with Gasteiger partial charge >= 0.3 is 0 Å². The van der Waals surface area contributed by atoms with Crippen LogP contribution in [0.5, 0.6) is 17.2 Å². The maximum atomic E-state index is 10.7. The molecule has 0 N–H and O–H groups in total. The number of hydrogen-bond donors (Lipinski definition) is 0. The highest BCUT2D eigenvalue weighted by molar-refractivity contribution is 5.76. The van der Waals surface area contributed by atoms with Crippen molar-refractivity contribution in [3.8, 4) is 23.3 Å². The van der Waals surface area contributed by atoms with Gasteiger partial charge in [0.25, 0.3) is 0 Å². The molecule has 0 saturated heterocycles. The van der Waals surface area contributed by atoms with Gasteiger partial charge < -0.3 is 14.2 Å². The molecule has 1 aliphatic heterocycles. The fourth-order valence-electron chi connectivity index (χ4n) is 2.03. The van der Waals surface area contributed by atoms with Crippen LogP contribution in [0.1, 0.15) is 21.5 Å². The maximum absolute atomic E-state index is 10.7. The van der Waals surface area contributed by atoms with E-state index < -0.39 is 0 Å². The van der Waals surface area contributed by atoms with Crippen molar-refractivity contribution in [2.45, 2.75) is 6.61 Å². The maximum Gasteiger partial charge on any atom is 0.231 e. The molecule has 0 unspecified atom stereocenters. The Morgan fingerprint density at radius 3 is 2.86 bits per heavy atom. The molecular formula is C16H11NO4. The van der Waals surface area contributed by atoms with Gasteiger partial charge in [0.1, 0.15) is 24.7 Å². The molecule has 104 valence electrons. The average molecular weight is 281 g/mol. The largest absolute Gasteiger partial charge is 0.488 e. The van der Waals surface area contributed by atoms with Crippen LogP contribution in [-0.4, -0.2) is 13.1 Å². The van der Waals surface area contributed by atoms with Crippen LogP contribution in [0.4, 0.5) is 0 Å². The van der Waals surface area contributed by atoms with Crippen LogP contribution in [0.2, 0.25) is 0 Å². The van der Waals surface area contributed by atoms with E-state index in [1.165, 1.54) is 6.07 Å². The van der Waals surface area contributed by atoms with Crippen molar-refractivity contribution in [3.63, 3.8) is 0 Å². The second-order valence-corrected chi connectivity index (χ2v) is 4.46. The lowest BCUT2D eigenvalue weighted by molar-refractivity contribution is 0.112. The van der Waals surface area contributed by atoms with E-state index in [0.717, 1.165) is 5.56 Å². The lowest BCUT2D eigenvalue weighted by Crippen LogP contribution is -1.98. The van der Waals surface area contributed by atoms with E-state index in [4.69, 9.17) is 19.5 Å². The molecule has 5 heteroatoms. The molecule has 2 aromatic rings. The normalized spacial score (nSPS) is 11.8. The van der Waals surface area contributed by atoms with Gasteiger partial charge in [-0.2, -0.15) is 5.26 Å². The average Bonchev–Trinajstić information content (AvgIpc) is 3.00. The van der Waals surface area contributed by atoms with E-state index >= 15 is 0 Å². The highest BCUT2D eigenvalue weighted by Gasteiger charge is 2.13. The van der Waals surface area contributed by atoms with E-state index in [0.29, 0.717) is 41.3 Å². The minimum Gasteiger partial charge on any atom is -0.488 e. The summed E-state index contributed by atoms with van der Waals surface area (Å²) >= 11 is 0. The summed E-state index contributed by atoms with van der Waals surface area (Å²) in [6.45, 7) is 0.525. The molecule has 5 nitrogen and oxygen atoms in total. The van der Waals surface area contributed by atoms with E-state index in [9.17, 15) is 4.79 Å². The van der Waals surface area contributed by atoms with Crippen molar-refractivity contribution in [2.75, 3.05) is 6.79 Å². The van der Waals surface area contributed by atoms with Gasteiger partial charge in [0.05, 0.1) is 5.56 Å². The molecule has 0 saturated carbocycles. The number of aldehydes is 1. The predicted octanol–water partition coefficient (Wildman–Crippen LogP) is 2.68. The zero-order valence-electron chi connectivity index (χ0n) is 11.0. The molecule has 0 spiro atoms. The minimum atomic E-state index is 0.228. The quantitative estimate of drug-likeness (QED) is 0.806. The Balaban J connectivity index is 1.76. The molecule has 21 heavy (non-hydrogen) atoms. The van der Waals surface area contributed by atoms with Crippen molar-refractivity contribution in [3.05, 3.63) is 53.1 Å². The Bertz CT molecular complexity index is 734. The monoisotopic (exact) mass is 281 g/mol. The van der Waals surface area contributed by atoms with Crippen molar-refractivity contribution in [1.29, 1.82) is 5.26 Å². The molecule has 0 radical (unpaired) electrons. The van der Waals surface area contributed by atoms with Crippen molar-refractivity contribution >= 4 is 6.29 Å². The fourth-order valence-corrected chi connectivity index (χ4v) is 2.03. The molecular weight excluding hydrogens is 270 g/mol. The number of benzene rings is 2. The lowest BCUT2D eigenvalue weighted by Gasteiger charge is -2.08. The molecule has 2 aromatic carbocycles. The first-order valence-corrected chi connectivity index (χ1v) is 6.31. The molecule has 1 heterocycles. The molecule has 0 fully saturated rings. The molecule has 0 bridgehead atoms. The number of ether oxygens (including phenoxy) is 3. The second kappa shape index (κ2) is 5.55. The summed E-state index contributed by atoms with van der Waals surface area (Å²) in [5.41, 5.74) is 1.69. The van der Waals surface area contributed by atoms with Gasteiger partial charge in [-0.05, 0) is 35.9 Å². The van der Waals surface area contributed by atoms with Gasteiger partial charge in [-0.15, -0.1) is 0 Å². The van der Waals surface area contributed by atoms with Crippen molar-refractivity contribution in [1.82, 2.24) is 0 Å². The standard InChI is InChI=1S/C16H11NO4/c17-7-13-5-11(8-18)1-3-14(13)19-9-12-2-4-15-16(6-12)21-10-20-15/h1-6,8H,9-10H2. The number of carbonyl (C=O) groups excluding carboxylic acids is 1. The zero-order chi connectivity index (χ0) is 14.7. The Hall–Kier alpha value is -3.00. The van der Waals surface area contributed by atoms with Gasteiger partial charge in [-0.25, -0.2) is 0 Å². The fraction of sp³-hybridized carbons (Fsp3) is 0.125. The Morgan fingerprint density at radius 1 is 1.19 bits per heavy atom. The number of fused-ring (bicyclic) bond motifs is 1. The molecule has 3 rings (SSSR count). The first-order chi connectivity index (χ1) is 10.3. The van der Waals surface area contributed by atoms with Gasteiger partial charge in [0, 0.05) is 5.56 Å². The molecule has 0 aromatic heterocycles. The zero-order valence-corrected chi connectivity index (χ0v) is 11.0. The number of hydrogen-bond acceptors (Lipinski definition) is 5. The third-order valence-corrected chi connectivity index (χ3v) is 3.09. The highest BCUT2D eigenvalue weighted by atomic mass is 16.7. The summed E-state index contributed by atoms with van der Waals surface area (Å²) in [6.07, 6.45) is 0.697. The molecule has 0 amide bonds. The van der Waals surface area contributed by atoms with Crippen LogP contribution < -0.4 is 14.2 Å². The number of carbonyl (C=O) groups is 1. The first kappa shape index (κ1) is 13.0. The van der Waals surface area contributed by atoms with E-state index in [-0.39, 0.29) is 6.79 Å². The molecule has 0 atom stereocenters. The van der Waals surface area contributed by atoms with Crippen LogP contribution in [0.25, 0.3) is 0 Å². The summed E-state index contributed by atoms with van der Waals surface area (Å²) in [5.74, 6) is 1.85. The first-order valence-electron chi connectivity index (χ1n) is 6.31. The van der Waals surface area contributed by atoms with E-state index in [2.05, 4.69) is 0 Å². The summed E-state index contributed by atoms with van der Waals surface area (Å²) in [5, 5.41) is 9.08. The Kier molecular flexibility index (Phi) is 3.44. The molecule has 0 aliphatic carbocycles. The van der Waals surface area contributed by atoms with Crippen LogP contribution in [0.15, 0.2) is 36.4 Å². The lowest BCUT2D eigenvalue weighted by atomic mass is 10.1. The third kappa shape index (κ3) is 2.65. The molecule has 1 aliphatic rings. The topological polar surface area (TPSA) is 68.6 Å². The number of nitrogens with zero attached hydrogens (tertiary/aromatic N) is 1. The van der Waals surface area contributed by atoms with Gasteiger partial charge in [0.15, 0.2) is 11.5 Å². The minimum absolute atomic E-state index is 0.228. The SMILES string of the molecule is N#Cc1cc(C=O)ccc1OCc1ccc2c(c1)OCO2. The summed E-state index contributed by atoms with van der Waals surface area (Å²) < 4.78 is 16.2. The van der Waals surface area contributed by atoms with E-state index in [1.54, 1.807) is 12.1 Å². The predicted molar refractivity (Wildman–Crippen MR) is 73.4 cm³/mol. The second-order valence-electron chi connectivity index (χ2n) is 4.46. The van der Waals surface area contributed by atoms with Crippen molar-refractivity contribution in [2.24, 2.45) is 0 Å². The number of rotatable bonds is 4.